The lowest BCUT2D eigenvalue weighted by molar-refractivity contribution is -0.140. The average Bonchev–Trinajstić information content (AvgIpc) is 3.47. The number of anilines is 1. The van der Waals surface area contributed by atoms with Gasteiger partial charge in [0.25, 0.3) is 17.7 Å². The van der Waals surface area contributed by atoms with Crippen LogP contribution >= 0.6 is 31.9 Å². The molecule has 2 aromatic carbocycles. The van der Waals surface area contributed by atoms with E-state index in [1.165, 1.54) is 6.21 Å². The van der Waals surface area contributed by atoms with Gasteiger partial charge >= 0.3 is 0 Å². The van der Waals surface area contributed by atoms with Crippen molar-refractivity contribution in [3.8, 4) is 5.75 Å². The van der Waals surface area contributed by atoms with Crippen LogP contribution in [0.25, 0.3) is 0 Å². The van der Waals surface area contributed by atoms with E-state index >= 15 is 0 Å². The van der Waals surface area contributed by atoms with Crippen LogP contribution in [0.2, 0.25) is 0 Å². The van der Waals surface area contributed by atoms with Gasteiger partial charge in [0.15, 0.2) is 6.61 Å². The fourth-order valence-corrected chi connectivity index (χ4v) is 6.40. The van der Waals surface area contributed by atoms with Gasteiger partial charge < -0.3 is 10.1 Å². The number of fused-ring (bicyclic) bond motifs is 5. The van der Waals surface area contributed by atoms with E-state index in [1.807, 2.05) is 31.2 Å². The number of benzene rings is 2. The lowest BCUT2D eigenvalue weighted by atomic mass is 9.85. The summed E-state index contributed by atoms with van der Waals surface area (Å²) >= 11 is 6.93. The number of allylic oxidation sites excluding steroid dienone is 2. The molecule has 2 bridgehead atoms. The maximum Gasteiger partial charge on any atom is 0.262 e. The molecule has 174 valence electrons. The van der Waals surface area contributed by atoms with Crippen molar-refractivity contribution in [3.05, 3.63) is 68.6 Å². The lowest BCUT2D eigenvalue weighted by Crippen LogP contribution is -2.28. The highest BCUT2D eigenvalue weighted by Gasteiger charge is 2.59. The van der Waals surface area contributed by atoms with E-state index in [-0.39, 0.29) is 48.0 Å². The summed E-state index contributed by atoms with van der Waals surface area (Å²) in [6.07, 6.45) is 6.47. The average molecular weight is 587 g/mol. The van der Waals surface area contributed by atoms with Gasteiger partial charge in [-0.15, -0.1) is 0 Å². The first kappa shape index (κ1) is 23.0. The van der Waals surface area contributed by atoms with Crippen LogP contribution in [0.1, 0.15) is 17.5 Å². The first-order valence-corrected chi connectivity index (χ1v) is 12.5. The second kappa shape index (κ2) is 9.11. The summed E-state index contributed by atoms with van der Waals surface area (Å²) in [6.45, 7) is 1.75. The molecule has 4 atom stereocenters. The highest BCUT2D eigenvalue weighted by Crippen LogP contribution is 2.52. The number of imide groups is 1. The molecule has 0 spiro atoms. The highest BCUT2D eigenvalue weighted by molar-refractivity contribution is 9.11. The molecule has 9 heteroatoms. The molecule has 1 heterocycles. The summed E-state index contributed by atoms with van der Waals surface area (Å²) in [6, 6.07) is 11.0. The summed E-state index contributed by atoms with van der Waals surface area (Å²) in [5.41, 5.74) is 2.36. The van der Waals surface area contributed by atoms with Gasteiger partial charge in [0, 0.05) is 5.69 Å². The molecular formula is C25H21Br2N3O4. The summed E-state index contributed by atoms with van der Waals surface area (Å²) in [4.78, 5) is 37.9. The van der Waals surface area contributed by atoms with Crippen molar-refractivity contribution in [2.24, 2.45) is 28.8 Å². The fraction of sp³-hybridized carbons (Fsp3) is 0.280. The molecule has 34 heavy (non-hydrogen) atoms. The third kappa shape index (κ3) is 4.11. The number of ether oxygens (including phenoxy) is 1. The second-order valence-corrected chi connectivity index (χ2v) is 10.4. The first-order chi connectivity index (χ1) is 16.3. The van der Waals surface area contributed by atoms with Gasteiger partial charge in [-0.1, -0.05) is 30.4 Å². The second-order valence-electron chi connectivity index (χ2n) is 8.70. The minimum Gasteiger partial charge on any atom is -0.481 e. The van der Waals surface area contributed by atoms with Crippen LogP contribution < -0.4 is 10.1 Å². The number of amides is 3. The van der Waals surface area contributed by atoms with E-state index in [9.17, 15) is 14.4 Å². The zero-order chi connectivity index (χ0) is 24.0. The minimum atomic E-state index is -0.279. The number of nitrogens with one attached hydrogen (secondary N) is 1. The Bertz CT molecular complexity index is 1210. The SMILES string of the molecule is Cc1ccccc1NC(=O)COc1c(Br)cc(C=NN2C(=O)[C@@H]3[C@H](C2=O)[C@H]2C=C[C@H]3C2)cc1Br. The van der Waals surface area contributed by atoms with Crippen LogP contribution in [0.5, 0.6) is 5.75 Å². The number of nitrogens with zero attached hydrogens (tertiary/aromatic N) is 2. The van der Waals surface area contributed by atoms with E-state index in [2.05, 4.69) is 54.4 Å². The van der Waals surface area contributed by atoms with Crippen molar-refractivity contribution in [3.63, 3.8) is 0 Å². The van der Waals surface area contributed by atoms with Crippen LogP contribution in [0, 0.1) is 30.6 Å². The number of carbonyl (C=O) groups excluding carboxylic acids is 3. The third-order valence-corrected chi connectivity index (χ3v) is 7.73. The van der Waals surface area contributed by atoms with Gasteiger partial charge in [0.2, 0.25) is 0 Å². The Hall–Kier alpha value is -2.78. The Morgan fingerprint density at radius 2 is 1.74 bits per heavy atom. The Morgan fingerprint density at radius 3 is 2.35 bits per heavy atom. The molecule has 0 radical (unpaired) electrons. The van der Waals surface area contributed by atoms with E-state index in [1.54, 1.807) is 12.1 Å². The van der Waals surface area contributed by atoms with Gasteiger partial charge in [-0.25, -0.2) is 0 Å². The molecule has 1 saturated heterocycles. The number of aryl methyl sites for hydroxylation is 1. The number of halogens is 2. The summed E-state index contributed by atoms with van der Waals surface area (Å²) in [5, 5.41) is 8.06. The maximum absolute atomic E-state index is 12.8. The van der Waals surface area contributed by atoms with Crippen molar-refractivity contribution in [2.45, 2.75) is 13.3 Å². The minimum absolute atomic E-state index is 0.148. The number of para-hydroxylation sites is 1. The molecule has 0 aromatic heterocycles. The van der Waals surface area contributed by atoms with Gasteiger partial charge in [0.1, 0.15) is 5.75 Å². The largest absolute Gasteiger partial charge is 0.481 e. The van der Waals surface area contributed by atoms with Crippen molar-refractivity contribution >= 4 is 61.5 Å². The number of hydrogen-bond acceptors (Lipinski definition) is 5. The molecule has 5 rings (SSSR count). The zero-order valence-electron chi connectivity index (χ0n) is 18.2. The van der Waals surface area contributed by atoms with Crippen molar-refractivity contribution in [1.29, 1.82) is 0 Å². The number of rotatable bonds is 6. The summed E-state index contributed by atoms with van der Waals surface area (Å²) in [5.74, 6) is -0.522. The van der Waals surface area contributed by atoms with Gasteiger partial charge in [0.05, 0.1) is 27.0 Å². The lowest BCUT2D eigenvalue weighted by Gasteiger charge is -2.13. The molecule has 2 aliphatic carbocycles. The first-order valence-electron chi connectivity index (χ1n) is 10.9. The Balaban J connectivity index is 1.24. The molecule has 3 amide bonds. The molecule has 1 N–H and O–H groups in total. The summed E-state index contributed by atoms with van der Waals surface area (Å²) in [7, 11) is 0. The molecule has 2 aromatic rings. The van der Waals surface area contributed by atoms with E-state index < -0.39 is 0 Å². The van der Waals surface area contributed by atoms with Crippen molar-refractivity contribution in [2.75, 3.05) is 11.9 Å². The third-order valence-electron chi connectivity index (χ3n) is 6.56. The summed E-state index contributed by atoms with van der Waals surface area (Å²) < 4.78 is 6.92. The van der Waals surface area contributed by atoms with E-state index in [0.717, 1.165) is 22.7 Å². The Kier molecular flexibility index (Phi) is 6.16. The van der Waals surface area contributed by atoms with Crippen LogP contribution in [0.15, 0.2) is 62.6 Å². The monoisotopic (exact) mass is 585 g/mol. The molecule has 1 saturated carbocycles. The van der Waals surface area contributed by atoms with E-state index in [0.29, 0.717) is 20.3 Å². The molecule has 1 aliphatic heterocycles. The van der Waals surface area contributed by atoms with Gasteiger partial charge in [-0.2, -0.15) is 10.1 Å². The maximum atomic E-state index is 12.8. The standard InChI is InChI=1S/C25H21Br2N3O4/c1-13-4-2-3-5-19(13)29-20(31)12-34-23-17(26)8-14(9-18(23)27)11-28-30-24(32)21-15-6-7-16(10-15)22(21)25(30)33/h2-9,11,15-16,21-22H,10,12H2,1H3,(H,29,31)/t15-,16-,21-,22+/m0/s1. The quantitative estimate of drug-likeness (QED) is 0.302. The van der Waals surface area contributed by atoms with Crippen LogP contribution in [-0.4, -0.2) is 35.6 Å². The van der Waals surface area contributed by atoms with E-state index in [4.69, 9.17) is 4.74 Å². The Labute approximate surface area is 213 Å². The van der Waals surface area contributed by atoms with Crippen LogP contribution in [0.3, 0.4) is 0 Å². The van der Waals surface area contributed by atoms with Crippen LogP contribution in [0.4, 0.5) is 5.69 Å². The highest BCUT2D eigenvalue weighted by atomic mass is 79.9. The zero-order valence-corrected chi connectivity index (χ0v) is 21.4. The molecule has 2 fully saturated rings. The molecular weight excluding hydrogens is 566 g/mol. The predicted molar refractivity (Wildman–Crippen MR) is 134 cm³/mol. The molecule has 7 nitrogen and oxygen atoms in total. The molecule has 0 unspecified atom stereocenters. The normalized spacial score (nSPS) is 24.9. The van der Waals surface area contributed by atoms with Gasteiger partial charge in [-0.3, -0.25) is 14.4 Å². The smallest absolute Gasteiger partial charge is 0.262 e. The van der Waals surface area contributed by atoms with Crippen molar-refractivity contribution < 1.29 is 19.1 Å². The topological polar surface area (TPSA) is 88.1 Å². The molecule has 3 aliphatic rings. The van der Waals surface area contributed by atoms with Gasteiger partial charge in [-0.05, 0) is 86.4 Å². The number of hydrogen-bond donors (Lipinski definition) is 1. The van der Waals surface area contributed by atoms with Crippen LogP contribution in [-0.2, 0) is 14.4 Å². The van der Waals surface area contributed by atoms with Crippen molar-refractivity contribution in [1.82, 2.24) is 5.01 Å². The number of hydrazone groups is 1. The predicted octanol–water partition coefficient (Wildman–Crippen LogP) is 4.68. The Morgan fingerprint density at radius 1 is 1.12 bits per heavy atom. The number of carbonyl (C=O) groups is 3. The fourth-order valence-electron chi connectivity index (χ4n) is 4.95.